The molecule has 4 rings (SSSR count). The zero-order chi connectivity index (χ0) is 21.1. The first-order valence-electron chi connectivity index (χ1n) is 10.4. The van der Waals surface area contributed by atoms with Gasteiger partial charge >= 0.3 is 0 Å². The Labute approximate surface area is 182 Å². The van der Waals surface area contributed by atoms with Gasteiger partial charge < -0.3 is 20.7 Å². The number of carbonyl (C=O) groups is 1. The average Bonchev–Trinajstić information content (AvgIpc) is 3.21. The van der Waals surface area contributed by atoms with Crippen molar-refractivity contribution in [1.82, 2.24) is 10.6 Å². The summed E-state index contributed by atoms with van der Waals surface area (Å²) in [6.45, 7) is 3.88. The van der Waals surface area contributed by atoms with Crippen LogP contribution in [0.1, 0.15) is 49.8 Å². The standard InChI is InChI=1S/C24H27N3O2S/c1-15-8-7-9-17(14-15)26-23(28)21-16(2)25-24(30)27-22(21)19-12-5-6-13-20(19)29-18-10-3-4-11-18/h5-9,12-14,18,22H,3-4,10-11H2,1-2H3,(H,26,28)(H2,25,27,30). The molecule has 30 heavy (non-hydrogen) atoms. The molecule has 2 aliphatic rings. The SMILES string of the molecule is CC1=C(C(=O)Nc2cccc(C)c2)C(c2ccccc2OC2CCCC2)NC(=S)N1. The lowest BCUT2D eigenvalue weighted by molar-refractivity contribution is -0.113. The molecule has 156 valence electrons. The lowest BCUT2D eigenvalue weighted by atomic mass is 9.94. The van der Waals surface area contributed by atoms with E-state index in [1.165, 1.54) is 12.8 Å². The minimum atomic E-state index is -0.388. The molecule has 6 heteroatoms. The minimum absolute atomic E-state index is 0.165. The number of hydrogen-bond acceptors (Lipinski definition) is 3. The van der Waals surface area contributed by atoms with E-state index in [-0.39, 0.29) is 18.1 Å². The maximum Gasteiger partial charge on any atom is 0.255 e. The molecule has 1 amide bonds. The van der Waals surface area contributed by atoms with Crippen LogP contribution in [0.3, 0.4) is 0 Å². The topological polar surface area (TPSA) is 62.4 Å². The highest BCUT2D eigenvalue weighted by Crippen LogP contribution is 2.35. The molecular formula is C24H27N3O2S. The molecule has 5 nitrogen and oxygen atoms in total. The van der Waals surface area contributed by atoms with Crippen molar-refractivity contribution < 1.29 is 9.53 Å². The third-order valence-electron chi connectivity index (χ3n) is 5.62. The van der Waals surface area contributed by atoms with E-state index in [0.717, 1.165) is 41.1 Å². The first-order chi connectivity index (χ1) is 14.5. The largest absolute Gasteiger partial charge is 0.490 e. The van der Waals surface area contributed by atoms with E-state index in [1.54, 1.807) is 0 Å². The van der Waals surface area contributed by atoms with Gasteiger partial charge in [0.05, 0.1) is 17.7 Å². The van der Waals surface area contributed by atoms with Gasteiger partial charge in [0.15, 0.2) is 5.11 Å². The predicted octanol–water partition coefficient (Wildman–Crippen LogP) is 4.75. The number of anilines is 1. The molecule has 2 aromatic carbocycles. The fourth-order valence-electron chi connectivity index (χ4n) is 4.16. The highest BCUT2D eigenvalue weighted by molar-refractivity contribution is 7.80. The van der Waals surface area contributed by atoms with Crippen molar-refractivity contribution in [3.63, 3.8) is 0 Å². The molecule has 1 atom stereocenters. The predicted molar refractivity (Wildman–Crippen MR) is 123 cm³/mol. The van der Waals surface area contributed by atoms with E-state index < -0.39 is 0 Å². The number of aryl methyl sites for hydroxylation is 1. The van der Waals surface area contributed by atoms with Crippen LogP contribution >= 0.6 is 12.2 Å². The number of amides is 1. The van der Waals surface area contributed by atoms with Crippen LogP contribution in [0, 0.1) is 6.92 Å². The monoisotopic (exact) mass is 421 g/mol. The summed E-state index contributed by atoms with van der Waals surface area (Å²) in [5.74, 6) is 0.640. The van der Waals surface area contributed by atoms with Crippen LogP contribution < -0.4 is 20.7 Å². The lowest BCUT2D eigenvalue weighted by Crippen LogP contribution is -2.46. The molecule has 0 aromatic heterocycles. The van der Waals surface area contributed by atoms with E-state index in [0.29, 0.717) is 10.7 Å². The number of ether oxygens (including phenoxy) is 1. The van der Waals surface area contributed by atoms with Crippen molar-refractivity contribution in [2.24, 2.45) is 0 Å². The summed E-state index contributed by atoms with van der Waals surface area (Å²) in [6.07, 6.45) is 4.77. The van der Waals surface area contributed by atoms with Gasteiger partial charge in [-0.1, -0.05) is 30.3 Å². The Balaban J connectivity index is 1.66. The van der Waals surface area contributed by atoms with Gasteiger partial charge in [-0.2, -0.15) is 0 Å². The van der Waals surface area contributed by atoms with Crippen LogP contribution in [0.15, 0.2) is 59.8 Å². The van der Waals surface area contributed by atoms with Crippen LogP contribution in [0.5, 0.6) is 5.75 Å². The quantitative estimate of drug-likeness (QED) is 0.608. The van der Waals surface area contributed by atoms with Gasteiger partial charge in [-0.25, -0.2) is 0 Å². The highest BCUT2D eigenvalue weighted by atomic mass is 32.1. The molecule has 2 aromatic rings. The van der Waals surface area contributed by atoms with Crippen molar-refractivity contribution >= 4 is 28.9 Å². The number of benzene rings is 2. The highest BCUT2D eigenvalue weighted by Gasteiger charge is 2.32. The summed E-state index contributed by atoms with van der Waals surface area (Å²) in [5.41, 5.74) is 4.12. The van der Waals surface area contributed by atoms with Gasteiger partial charge in [-0.3, -0.25) is 4.79 Å². The summed E-state index contributed by atoms with van der Waals surface area (Å²) in [5, 5.41) is 9.91. The molecule has 3 N–H and O–H groups in total. The van der Waals surface area contributed by atoms with Crippen LogP contribution in [0.2, 0.25) is 0 Å². The van der Waals surface area contributed by atoms with Gasteiger partial charge in [0.1, 0.15) is 5.75 Å². The maximum absolute atomic E-state index is 13.3. The third kappa shape index (κ3) is 4.49. The smallest absolute Gasteiger partial charge is 0.255 e. The summed E-state index contributed by atoms with van der Waals surface area (Å²) >= 11 is 5.40. The molecule has 0 bridgehead atoms. The van der Waals surface area contributed by atoms with Gasteiger partial charge in [0.2, 0.25) is 0 Å². The Hall–Kier alpha value is -2.86. The van der Waals surface area contributed by atoms with Gasteiger partial charge in [-0.15, -0.1) is 0 Å². The summed E-state index contributed by atoms with van der Waals surface area (Å²) in [7, 11) is 0. The average molecular weight is 422 g/mol. The first kappa shape index (κ1) is 20.4. The van der Waals surface area contributed by atoms with Crippen molar-refractivity contribution in [3.8, 4) is 5.75 Å². The second-order valence-corrected chi connectivity index (χ2v) is 8.36. The maximum atomic E-state index is 13.3. The first-order valence-corrected chi connectivity index (χ1v) is 10.8. The van der Waals surface area contributed by atoms with E-state index in [2.05, 4.69) is 16.0 Å². The van der Waals surface area contributed by atoms with Gasteiger partial charge in [0, 0.05) is 16.9 Å². The molecule has 1 aliphatic heterocycles. The van der Waals surface area contributed by atoms with Crippen LogP contribution in [-0.2, 0) is 4.79 Å². The molecule has 0 radical (unpaired) electrons. The van der Waals surface area contributed by atoms with Gasteiger partial charge in [0.25, 0.3) is 5.91 Å². The van der Waals surface area contributed by atoms with E-state index in [9.17, 15) is 4.79 Å². The summed E-state index contributed by atoms with van der Waals surface area (Å²) in [4.78, 5) is 13.3. The fraction of sp³-hybridized carbons (Fsp3) is 0.333. The second-order valence-electron chi connectivity index (χ2n) is 7.96. The molecule has 1 heterocycles. The Bertz CT molecular complexity index is 995. The van der Waals surface area contributed by atoms with Crippen molar-refractivity contribution in [1.29, 1.82) is 0 Å². The second kappa shape index (κ2) is 8.88. The number of thiocarbonyl (C=S) groups is 1. The number of nitrogens with one attached hydrogen (secondary N) is 3. The molecule has 1 saturated carbocycles. The molecule has 1 unspecified atom stereocenters. The molecule has 0 saturated heterocycles. The van der Waals surface area contributed by atoms with Crippen LogP contribution in [0.4, 0.5) is 5.69 Å². The van der Waals surface area contributed by atoms with Crippen molar-refractivity contribution in [2.75, 3.05) is 5.32 Å². The summed E-state index contributed by atoms with van der Waals surface area (Å²) < 4.78 is 6.33. The number of carbonyl (C=O) groups excluding carboxylic acids is 1. The Morgan fingerprint density at radius 3 is 2.63 bits per heavy atom. The normalized spacial score (nSPS) is 19.3. The molecule has 1 fully saturated rings. The molecular weight excluding hydrogens is 394 g/mol. The Kier molecular flexibility index (Phi) is 6.04. The zero-order valence-corrected chi connectivity index (χ0v) is 18.1. The van der Waals surface area contributed by atoms with Crippen LogP contribution in [0.25, 0.3) is 0 Å². The summed E-state index contributed by atoms with van der Waals surface area (Å²) in [6, 6.07) is 15.3. The molecule has 1 aliphatic carbocycles. The van der Waals surface area contributed by atoms with E-state index in [1.807, 2.05) is 62.4 Å². The number of para-hydroxylation sites is 1. The number of hydrogen-bond donors (Lipinski definition) is 3. The third-order valence-corrected chi connectivity index (χ3v) is 5.84. The number of allylic oxidation sites excluding steroid dienone is 1. The Morgan fingerprint density at radius 1 is 1.10 bits per heavy atom. The van der Waals surface area contributed by atoms with E-state index >= 15 is 0 Å². The van der Waals surface area contributed by atoms with Gasteiger partial charge in [-0.05, 0) is 75.5 Å². The van der Waals surface area contributed by atoms with Crippen molar-refractivity contribution in [3.05, 3.63) is 70.9 Å². The van der Waals surface area contributed by atoms with E-state index in [4.69, 9.17) is 17.0 Å². The molecule has 0 spiro atoms. The fourth-order valence-corrected chi connectivity index (χ4v) is 4.43. The lowest BCUT2D eigenvalue weighted by Gasteiger charge is -2.31. The van der Waals surface area contributed by atoms with Crippen LogP contribution in [-0.4, -0.2) is 17.1 Å². The zero-order valence-electron chi connectivity index (χ0n) is 17.3. The number of rotatable bonds is 5. The minimum Gasteiger partial charge on any atom is -0.490 e. The Morgan fingerprint density at radius 2 is 1.87 bits per heavy atom. The van der Waals surface area contributed by atoms with Crippen molar-refractivity contribution in [2.45, 2.75) is 51.7 Å².